The van der Waals surface area contributed by atoms with E-state index in [1.54, 1.807) is 0 Å². The molecule has 9 aromatic rings. The Bertz CT molecular complexity index is 2810. The molecule has 3 heteroatoms. The number of hydrogen-bond donors (Lipinski definition) is 0. The summed E-state index contributed by atoms with van der Waals surface area (Å²) in [5.74, 6) is 1.96. The van der Waals surface area contributed by atoms with Gasteiger partial charge in [-0.25, -0.2) is 15.0 Å². The summed E-state index contributed by atoms with van der Waals surface area (Å²) in [6.45, 7) is 4.77. The van der Waals surface area contributed by atoms with Crippen LogP contribution < -0.4 is 0 Å². The highest BCUT2D eigenvalue weighted by Gasteiger charge is 2.42. The molecule has 0 saturated heterocycles. The lowest BCUT2D eigenvalue weighted by Gasteiger charge is -2.30. The van der Waals surface area contributed by atoms with Crippen molar-refractivity contribution >= 4 is 0 Å². The molecule has 0 spiro atoms. The van der Waals surface area contributed by atoms with Crippen LogP contribution in [0.1, 0.15) is 25.0 Å². The van der Waals surface area contributed by atoms with Crippen molar-refractivity contribution in [3.05, 3.63) is 211 Å². The van der Waals surface area contributed by atoms with Crippen LogP contribution in [0.5, 0.6) is 0 Å². The summed E-state index contributed by atoms with van der Waals surface area (Å²) >= 11 is 0. The van der Waals surface area contributed by atoms with Crippen LogP contribution in [-0.2, 0) is 5.41 Å². The summed E-state index contributed by atoms with van der Waals surface area (Å²) in [5.41, 5.74) is 17.3. The van der Waals surface area contributed by atoms with E-state index in [4.69, 9.17) is 15.0 Å². The first-order valence-corrected chi connectivity index (χ1v) is 19.5. The second-order valence-corrected chi connectivity index (χ2v) is 15.1. The third kappa shape index (κ3) is 5.96. The maximum atomic E-state index is 5.14. The zero-order valence-corrected chi connectivity index (χ0v) is 31.9. The highest BCUT2D eigenvalue weighted by Crippen LogP contribution is 2.61. The van der Waals surface area contributed by atoms with E-state index in [-0.39, 0.29) is 0 Å². The lowest BCUT2D eigenvalue weighted by molar-refractivity contribution is 0.662. The van der Waals surface area contributed by atoms with Crippen molar-refractivity contribution in [2.45, 2.75) is 19.3 Å². The van der Waals surface area contributed by atoms with E-state index in [0.717, 1.165) is 16.7 Å². The van der Waals surface area contributed by atoms with E-state index in [9.17, 15) is 0 Å². The fourth-order valence-electron chi connectivity index (χ4n) is 8.71. The molecule has 1 aliphatic carbocycles. The molecule has 0 N–H and O–H groups in total. The molecule has 0 aliphatic heterocycles. The van der Waals surface area contributed by atoms with Crippen molar-refractivity contribution in [1.82, 2.24) is 15.0 Å². The molecule has 0 unspecified atom stereocenters. The van der Waals surface area contributed by atoms with E-state index in [1.807, 2.05) is 36.4 Å². The Morgan fingerprint density at radius 2 is 0.614 bits per heavy atom. The van der Waals surface area contributed by atoms with Crippen LogP contribution in [0.15, 0.2) is 200 Å². The van der Waals surface area contributed by atoms with Crippen molar-refractivity contribution in [2.75, 3.05) is 0 Å². The molecule has 0 radical (unpaired) electrons. The molecular weight excluding hydrogens is 691 g/mol. The van der Waals surface area contributed by atoms with Crippen LogP contribution in [0.3, 0.4) is 0 Å². The number of fused-ring (bicyclic) bond motifs is 3. The number of nitrogens with zero attached hydrogens (tertiary/aromatic N) is 3. The highest BCUT2D eigenvalue weighted by atomic mass is 15.0. The molecular formula is C54H39N3. The third-order valence-electron chi connectivity index (χ3n) is 11.3. The molecule has 1 aromatic heterocycles. The summed E-state index contributed by atoms with van der Waals surface area (Å²) in [7, 11) is 0. The summed E-state index contributed by atoms with van der Waals surface area (Å²) in [6, 6.07) is 71.0. The fraction of sp³-hybridized carbons (Fsp3) is 0.0556. The smallest absolute Gasteiger partial charge is 0.164 e. The summed E-state index contributed by atoms with van der Waals surface area (Å²) in [6.07, 6.45) is 0. The number of aromatic nitrogens is 3. The Hall–Kier alpha value is -7.23. The van der Waals surface area contributed by atoms with E-state index in [2.05, 4.69) is 178 Å². The van der Waals surface area contributed by atoms with Gasteiger partial charge in [0.15, 0.2) is 17.5 Å². The molecule has 8 aromatic carbocycles. The topological polar surface area (TPSA) is 38.7 Å². The Kier molecular flexibility index (Phi) is 8.49. The maximum Gasteiger partial charge on any atom is 0.164 e. The van der Waals surface area contributed by atoms with Gasteiger partial charge in [-0.05, 0) is 72.8 Å². The van der Waals surface area contributed by atoms with Crippen molar-refractivity contribution in [3.63, 3.8) is 0 Å². The van der Waals surface area contributed by atoms with Gasteiger partial charge in [-0.3, -0.25) is 0 Å². The van der Waals surface area contributed by atoms with Crippen LogP contribution in [0, 0.1) is 0 Å². The predicted molar refractivity (Wildman–Crippen MR) is 235 cm³/mol. The quantitative estimate of drug-likeness (QED) is 0.164. The number of rotatable bonds is 7. The molecule has 0 amide bonds. The minimum atomic E-state index is -0.397. The Morgan fingerprint density at radius 3 is 1.02 bits per heavy atom. The van der Waals surface area contributed by atoms with E-state index < -0.39 is 5.41 Å². The van der Waals surface area contributed by atoms with Crippen LogP contribution >= 0.6 is 0 Å². The van der Waals surface area contributed by atoms with Gasteiger partial charge in [0.25, 0.3) is 0 Å². The van der Waals surface area contributed by atoms with E-state index in [0.29, 0.717) is 17.5 Å². The van der Waals surface area contributed by atoms with Gasteiger partial charge in [0, 0.05) is 22.1 Å². The first kappa shape index (κ1) is 34.3. The van der Waals surface area contributed by atoms with Crippen molar-refractivity contribution in [3.8, 4) is 89.8 Å². The van der Waals surface area contributed by atoms with Gasteiger partial charge in [0.05, 0.1) is 0 Å². The van der Waals surface area contributed by atoms with Gasteiger partial charge < -0.3 is 0 Å². The van der Waals surface area contributed by atoms with Gasteiger partial charge in [0.2, 0.25) is 0 Å². The molecule has 0 saturated carbocycles. The second kappa shape index (κ2) is 14.1. The third-order valence-corrected chi connectivity index (χ3v) is 11.3. The van der Waals surface area contributed by atoms with Gasteiger partial charge in [-0.1, -0.05) is 208 Å². The zero-order valence-electron chi connectivity index (χ0n) is 31.9. The SMILES string of the molecule is CC1(C)c2cc(-c3nc(-c4ccccc4)nc(-c4ccccc4)n3)ccc2-c2c(-c3ccccc3)c(-c3ccccc3)c(-c3ccccc3)c(-c3ccccc3)c21. The minimum Gasteiger partial charge on any atom is -0.208 e. The van der Waals surface area contributed by atoms with Crippen LogP contribution in [0.2, 0.25) is 0 Å². The maximum absolute atomic E-state index is 5.14. The standard InChI is InChI=1S/C54H39N3/c1-54(2)44-35-42(53-56-51(40-29-17-7-18-30-40)55-52(57-53)41-31-19-8-20-32-41)33-34-43(44)49-47(38-25-13-5-14-26-38)45(36-21-9-3-10-22-36)46(37-23-11-4-12-24-37)48(50(49)54)39-27-15-6-16-28-39/h3-35H,1-2H3. The highest BCUT2D eigenvalue weighted by molar-refractivity contribution is 6.12. The minimum absolute atomic E-state index is 0.397. The van der Waals surface area contributed by atoms with Crippen molar-refractivity contribution in [1.29, 1.82) is 0 Å². The average molecular weight is 730 g/mol. The zero-order chi connectivity index (χ0) is 38.3. The number of hydrogen-bond acceptors (Lipinski definition) is 3. The predicted octanol–water partition coefficient (Wildman–Crippen LogP) is 13.8. The molecule has 270 valence electrons. The Labute approximate surface area is 334 Å². The monoisotopic (exact) mass is 729 g/mol. The lowest BCUT2D eigenvalue weighted by atomic mass is 9.72. The fourth-order valence-corrected chi connectivity index (χ4v) is 8.71. The summed E-state index contributed by atoms with van der Waals surface area (Å²) < 4.78 is 0. The molecule has 0 fully saturated rings. The molecule has 3 nitrogen and oxygen atoms in total. The first-order valence-electron chi connectivity index (χ1n) is 19.5. The van der Waals surface area contributed by atoms with E-state index >= 15 is 0 Å². The van der Waals surface area contributed by atoms with Gasteiger partial charge in [-0.15, -0.1) is 0 Å². The lowest BCUT2D eigenvalue weighted by Crippen LogP contribution is -2.17. The van der Waals surface area contributed by atoms with Crippen molar-refractivity contribution in [2.24, 2.45) is 0 Å². The Morgan fingerprint density at radius 1 is 0.298 bits per heavy atom. The number of benzene rings is 8. The summed E-state index contributed by atoms with van der Waals surface area (Å²) in [4.78, 5) is 15.3. The van der Waals surface area contributed by atoms with Gasteiger partial charge in [-0.2, -0.15) is 0 Å². The molecule has 0 atom stereocenters. The largest absolute Gasteiger partial charge is 0.208 e. The second-order valence-electron chi connectivity index (χ2n) is 15.1. The summed E-state index contributed by atoms with van der Waals surface area (Å²) in [5, 5.41) is 0. The molecule has 57 heavy (non-hydrogen) atoms. The van der Waals surface area contributed by atoms with Crippen molar-refractivity contribution < 1.29 is 0 Å². The average Bonchev–Trinajstić information content (AvgIpc) is 3.52. The first-order chi connectivity index (χ1) is 28.1. The van der Waals surface area contributed by atoms with Crippen LogP contribution in [0.25, 0.3) is 89.8 Å². The molecule has 1 heterocycles. The van der Waals surface area contributed by atoms with Crippen LogP contribution in [0.4, 0.5) is 0 Å². The molecule has 0 bridgehead atoms. The molecule has 1 aliphatic rings. The van der Waals surface area contributed by atoms with Gasteiger partial charge >= 0.3 is 0 Å². The molecule has 10 rings (SSSR count). The Balaban J connectivity index is 1.30. The van der Waals surface area contributed by atoms with E-state index in [1.165, 1.54) is 66.8 Å². The van der Waals surface area contributed by atoms with Crippen LogP contribution in [-0.4, -0.2) is 15.0 Å². The normalized spacial score (nSPS) is 12.5. The van der Waals surface area contributed by atoms with Gasteiger partial charge in [0.1, 0.15) is 0 Å².